The molecule has 3 aromatic rings. The fourth-order valence-corrected chi connectivity index (χ4v) is 2.04. The number of carbonyl (C=O) groups excluding carboxylic acids is 1. The van der Waals surface area contributed by atoms with Crippen LogP contribution in [0.3, 0.4) is 0 Å². The molecule has 0 aliphatic heterocycles. The first-order valence-electron chi connectivity index (χ1n) is 7.34. The lowest BCUT2D eigenvalue weighted by atomic mass is 10.2. The van der Waals surface area contributed by atoms with Crippen molar-refractivity contribution in [1.29, 1.82) is 0 Å². The Morgan fingerprint density at radius 3 is 2.12 bits per heavy atom. The predicted octanol–water partition coefficient (Wildman–Crippen LogP) is 3.92. The van der Waals surface area contributed by atoms with E-state index < -0.39 is 5.82 Å². The summed E-state index contributed by atoms with van der Waals surface area (Å²) in [5.74, 6) is 0.124. The van der Waals surface area contributed by atoms with Crippen LogP contribution in [-0.4, -0.2) is 16.1 Å². The Balaban J connectivity index is 1.64. The SMILES string of the molecule is Cc1ccc(Nc2ccc(NC(=O)c3ccc(F)cc3)nn2)cc1. The Kier molecular flexibility index (Phi) is 4.47. The van der Waals surface area contributed by atoms with Crippen LogP contribution in [0.2, 0.25) is 0 Å². The van der Waals surface area contributed by atoms with Crippen LogP contribution < -0.4 is 10.6 Å². The zero-order valence-corrected chi connectivity index (χ0v) is 13.0. The summed E-state index contributed by atoms with van der Waals surface area (Å²) < 4.78 is 12.9. The molecule has 6 heteroatoms. The standard InChI is InChI=1S/C18H15FN4O/c1-12-2-8-15(9-3-12)20-16-10-11-17(23-22-16)21-18(24)13-4-6-14(19)7-5-13/h2-11H,1H3,(H,20,22)(H,21,23,24). The number of carbonyl (C=O) groups is 1. The Morgan fingerprint density at radius 1 is 0.875 bits per heavy atom. The maximum absolute atomic E-state index is 12.9. The van der Waals surface area contributed by atoms with Gasteiger partial charge in [0.15, 0.2) is 11.6 Å². The summed E-state index contributed by atoms with van der Waals surface area (Å²) in [7, 11) is 0. The first kappa shape index (κ1) is 15.6. The van der Waals surface area contributed by atoms with Crippen molar-refractivity contribution in [2.24, 2.45) is 0 Å². The highest BCUT2D eigenvalue weighted by Gasteiger charge is 2.07. The van der Waals surface area contributed by atoms with E-state index >= 15 is 0 Å². The van der Waals surface area contributed by atoms with Crippen LogP contribution in [0.1, 0.15) is 15.9 Å². The molecule has 0 fully saturated rings. The molecule has 0 spiro atoms. The summed E-state index contributed by atoms with van der Waals surface area (Å²) >= 11 is 0. The van der Waals surface area contributed by atoms with Crippen molar-refractivity contribution in [1.82, 2.24) is 10.2 Å². The molecule has 5 nitrogen and oxygen atoms in total. The summed E-state index contributed by atoms with van der Waals surface area (Å²) in [6.07, 6.45) is 0. The van der Waals surface area contributed by atoms with E-state index in [1.165, 1.54) is 29.8 Å². The summed E-state index contributed by atoms with van der Waals surface area (Å²) in [4.78, 5) is 12.0. The van der Waals surface area contributed by atoms with Crippen LogP contribution in [0.25, 0.3) is 0 Å². The van der Waals surface area contributed by atoms with E-state index in [2.05, 4.69) is 20.8 Å². The van der Waals surface area contributed by atoms with Crippen molar-refractivity contribution in [2.45, 2.75) is 6.92 Å². The van der Waals surface area contributed by atoms with Gasteiger partial charge < -0.3 is 10.6 Å². The third-order valence-electron chi connectivity index (χ3n) is 3.34. The summed E-state index contributed by atoms with van der Waals surface area (Å²) in [5, 5.41) is 13.7. The molecular formula is C18H15FN4O. The van der Waals surface area contributed by atoms with Crippen LogP contribution in [0.15, 0.2) is 60.7 Å². The normalized spacial score (nSPS) is 10.2. The van der Waals surface area contributed by atoms with Crippen LogP contribution in [0, 0.1) is 12.7 Å². The van der Waals surface area contributed by atoms with Gasteiger partial charge in [-0.3, -0.25) is 4.79 Å². The molecule has 0 atom stereocenters. The van der Waals surface area contributed by atoms with E-state index in [0.29, 0.717) is 17.2 Å². The van der Waals surface area contributed by atoms with Crippen LogP contribution >= 0.6 is 0 Å². The average molecular weight is 322 g/mol. The van der Waals surface area contributed by atoms with Gasteiger partial charge in [0.05, 0.1) is 0 Å². The molecule has 0 bridgehead atoms. The molecule has 0 aliphatic carbocycles. The quantitative estimate of drug-likeness (QED) is 0.764. The van der Waals surface area contributed by atoms with Gasteiger partial charge in [0.25, 0.3) is 5.91 Å². The minimum absolute atomic E-state index is 0.318. The topological polar surface area (TPSA) is 66.9 Å². The molecule has 0 saturated heterocycles. The first-order chi connectivity index (χ1) is 11.6. The first-order valence-corrected chi connectivity index (χ1v) is 7.34. The maximum Gasteiger partial charge on any atom is 0.256 e. The smallest absolute Gasteiger partial charge is 0.256 e. The van der Waals surface area contributed by atoms with Gasteiger partial charge in [0, 0.05) is 11.3 Å². The number of amides is 1. The lowest BCUT2D eigenvalue weighted by Gasteiger charge is -2.07. The van der Waals surface area contributed by atoms with Crippen LogP contribution in [0.4, 0.5) is 21.7 Å². The van der Waals surface area contributed by atoms with Crippen molar-refractivity contribution < 1.29 is 9.18 Å². The number of aryl methyl sites for hydroxylation is 1. The van der Waals surface area contributed by atoms with Crippen molar-refractivity contribution >= 4 is 23.2 Å². The molecule has 2 aromatic carbocycles. The second-order valence-corrected chi connectivity index (χ2v) is 5.26. The van der Waals surface area contributed by atoms with Crippen LogP contribution in [0.5, 0.6) is 0 Å². The van der Waals surface area contributed by atoms with Gasteiger partial charge in [-0.1, -0.05) is 17.7 Å². The number of anilines is 3. The monoisotopic (exact) mass is 322 g/mol. The fraction of sp³-hybridized carbons (Fsp3) is 0.0556. The molecule has 1 amide bonds. The fourth-order valence-electron chi connectivity index (χ4n) is 2.04. The number of halogens is 1. The van der Waals surface area contributed by atoms with E-state index in [4.69, 9.17) is 0 Å². The molecule has 24 heavy (non-hydrogen) atoms. The van der Waals surface area contributed by atoms with Gasteiger partial charge in [-0.25, -0.2) is 4.39 Å². The second kappa shape index (κ2) is 6.87. The molecule has 0 aliphatic rings. The van der Waals surface area contributed by atoms with E-state index in [-0.39, 0.29) is 5.91 Å². The second-order valence-electron chi connectivity index (χ2n) is 5.26. The average Bonchev–Trinajstić information content (AvgIpc) is 2.59. The number of benzene rings is 2. The molecule has 0 saturated carbocycles. The lowest BCUT2D eigenvalue weighted by molar-refractivity contribution is 0.102. The van der Waals surface area contributed by atoms with Gasteiger partial charge in [0.1, 0.15) is 5.82 Å². The van der Waals surface area contributed by atoms with Gasteiger partial charge in [-0.2, -0.15) is 0 Å². The van der Waals surface area contributed by atoms with Crippen molar-refractivity contribution in [2.75, 3.05) is 10.6 Å². The Hall–Kier alpha value is -3.28. The molecule has 0 radical (unpaired) electrons. The summed E-state index contributed by atoms with van der Waals surface area (Å²) in [6, 6.07) is 16.5. The summed E-state index contributed by atoms with van der Waals surface area (Å²) in [5.41, 5.74) is 2.42. The number of aromatic nitrogens is 2. The lowest BCUT2D eigenvalue weighted by Crippen LogP contribution is -2.13. The third-order valence-corrected chi connectivity index (χ3v) is 3.34. The van der Waals surface area contributed by atoms with Gasteiger partial charge in [0.2, 0.25) is 0 Å². The highest BCUT2D eigenvalue weighted by Crippen LogP contribution is 2.15. The van der Waals surface area contributed by atoms with E-state index in [0.717, 1.165) is 5.69 Å². The molecule has 1 heterocycles. The molecule has 2 N–H and O–H groups in total. The number of hydrogen-bond acceptors (Lipinski definition) is 4. The molecular weight excluding hydrogens is 307 g/mol. The Labute approximate surface area is 138 Å². The molecule has 120 valence electrons. The Morgan fingerprint density at radius 2 is 1.50 bits per heavy atom. The minimum atomic E-state index is -0.391. The van der Waals surface area contributed by atoms with E-state index in [1.807, 2.05) is 31.2 Å². The highest BCUT2D eigenvalue weighted by molar-refractivity contribution is 6.03. The summed E-state index contributed by atoms with van der Waals surface area (Å²) in [6.45, 7) is 2.02. The zero-order valence-electron chi connectivity index (χ0n) is 13.0. The zero-order chi connectivity index (χ0) is 16.9. The number of nitrogens with one attached hydrogen (secondary N) is 2. The third kappa shape index (κ3) is 3.92. The minimum Gasteiger partial charge on any atom is -0.339 e. The van der Waals surface area contributed by atoms with Gasteiger partial charge in [-0.05, 0) is 55.5 Å². The van der Waals surface area contributed by atoms with E-state index in [9.17, 15) is 9.18 Å². The van der Waals surface area contributed by atoms with Crippen LogP contribution in [-0.2, 0) is 0 Å². The molecule has 0 unspecified atom stereocenters. The van der Waals surface area contributed by atoms with Gasteiger partial charge >= 0.3 is 0 Å². The van der Waals surface area contributed by atoms with Gasteiger partial charge in [-0.15, -0.1) is 10.2 Å². The molecule has 1 aromatic heterocycles. The largest absolute Gasteiger partial charge is 0.339 e. The van der Waals surface area contributed by atoms with E-state index in [1.54, 1.807) is 12.1 Å². The van der Waals surface area contributed by atoms with Crippen molar-refractivity contribution in [3.05, 3.63) is 77.6 Å². The van der Waals surface area contributed by atoms with Crippen molar-refractivity contribution in [3.8, 4) is 0 Å². The molecule has 3 rings (SSSR count). The number of hydrogen-bond donors (Lipinski definition) is 2. The highest BCUT2D eigenvalue weighted by atomic mass is 19.1. The predicted molar refractivity (Wildman–Crippen MR) is 90.8 cm³/mol. The number of rotatable bonds is 4. The Bertz CT molecular complexity index is 830. The number of nitrogens with zero attached hydrogens (tertiary/aromatic N) is 2. The van der Waals surface area contributed by atoms with Crippen molar-refractivity contribution in [3.63, 3.8) is 0 Å². The maximum atomic E-state index is 12.9.